The third kappa shape index (κ3) is 0.826. The molecule has 0 aliphatic carbocycles. The van der Waals surface area contributed by atoms with E-state index >= 15 is 0 Å². The maximum absolute atomic E-state index is 6.16. The summed E-state index contributed by atoms with van der Waals surface area (Å²) in [4.78, 5) is 2.71. The van der Waals surface area contributed by atoms with E-state index in [4.69, 9.17) is 5.73 Å². The van der Waals surface area contributed by atoms with Gasteiger partial charge in [0.25, 0.3) is 0 Å². The molecule has 3 aliphatic heterocycles. The highest BCUT2D eigenvalue weighted by molar-refractivity contribution is 5.04. The molecule has 2 heteroatoms. The standard InChI is InChI=1S/C10H18N2/c11-9-4-3-8-6-7-2-1-5-12(8)10(7)9/h7-10H,1-6,11H2/t7?,8-,9?,10-/m0/s1. The molecule has 0 radical (unpaired) electrons. The first-order valence-corrected chi connectivity index (χ1v) is 5.37. The maximum atomic E-state index is 6.16. The average Bonchev–Trinajstić information content (AvgIpc) is 2.24. The molecule has 2 N–H and O–H groups in total. The molecule has 5 atom stereocenters. The van der Waals surface area contributed by atoms with Crippen LogP contribution < -0.4 is 5.73 Å². The van der Waals surface area contributed by atoms with Crippen molar-refractivity contribution in [2.75, 3.05) is 6.54 Å². The molecule has 0 spiro atoms. The van der Waals surface area contributed by atoms with Gasteiger partial charge in [0.1, 0.15) is 0 Å². The van der Waals surface area contributed by atoms with Crippen LogP contribution in [0.5, 0.6) is 0 Å². The molecule has 0 aromatic carbocycles. The molecule has 12 heavy (non-hydrogen) atoms. The molecule has 3 aliphatic rings. The van der Waals surface area contributed by atoms with Gasteiger partial charge in [-0.05, 0) is 44.6 Å². The van der Waals surface area contributed by atoms with Crippen molar-refractivity contribution in [3.63, 3.8) is 0 Å². The predicted molar refractivity (Wildman–Crippen MR) is 48.8 cm³/mol. The Kier molecular flexibility index (Phi) is 1.50. The Morgan fingerprint density at radius 2 is 2.08 bits per heavy atom. The third-order valence-corrected chi connectivity index (χ3v) is 4.17. The fourth-order valence-electron chi connectivity index (χ4n) is 3.73. The summed E-state index contributed by atoms with van der Waals surface area (Å²) in [6.45, 7) is 1.33. The molecule has 0 aromatic heterocycles. The molecule has 3 heterocycles. The first-order valence-electron chi connectivity index (χ1n) is 5.37. The molecule has 4 bridgehead atoms. The molecule has 0 aromatic rings. The van der Waals surface area contributed by atoms with Gasteiger partial charge in [-0.3, -0.25) is 4.90 Å². The van der Waals surface area contributed by atoms with Crippen molar-refractivity contribution in [3.8, 4) is 0 Å². The Labute approximate surface area is 74.1 Å². The van der Waals surface area contributed by atoms with E-state index in [0.29, 0.717) is 6.04 Å². The van der Waals surface area contributed by atoms with Gasteiger partial charge < -0.3 is 5.73 Å². The van der Waals surface area contributed by atoms with Crippen molar-refractivity contribution in [2.24, 2.45) is 11.7 Å². The highest BCUT2D eigenvalue weighted by Gasteiger charge is 2.48. The van der Waals surface area contributed by atoms with E-state index in [1.807, 2.05) is 0 Å². The summed E-state index contributed by atoms with van der Waals surface area (Å²) in [5, 5.41) is 0. The van der Waals surface area contributed by atoms with Gasteiger partial charge in [0.2, 0.25) is 0 Å². The second kappa shape index (κ2) is 2.46. The van der Waals surface area contributed by atoms with Gasteiger partial charge in [0.15, 0.2) is 0 Å². The molecule has 0 saturated carbocycles. The van der Waals surface area contributed by atoms with Gasteiger partial charge in [-0.2, -0.15) is 0 Å². The molecular weight excluding hydrogens is 148 g/mol. The minimum absolute atomic E-state index is 0.494. The summed E-state index contributed by atoms with van der Waals surface area (Å²) >= 11 is 0. The third-order valence-electron chi connectivity index (χ3n) is 4.17. The first-order chi connectivity index (χ1) is 5.86. The largest absolute Gasteiger partial charge is 0.326 e. The van der Waals surface area contributed by atoms with Gasteiger partial charge in [-0.15, -0.1) is 0 Å². The summed E-state index contributed by atoms with van der Waals surface area (Å²) in [7, 11) is 0. The van der Waals surface area contributed by atoms with E-state index in [1.165, 1.54) is 38.6 Å². The normalized spacial score (nSPS) is 57.2. The summed E-state index contributed by atoms with van der Waals surface area (Å²) in [5.41, 5.74) is 6.16. The van der Waals surface area contributed by atoms with E-state index < -0.39 is 0 Å². The smallest absolute Gasteiger partial charge is 0.0278 e. The highest BCUT2D eigenvalue weighted by atomic mass is 15.3. The zero-order valence-electron chi connectivity index (χ0n) is 7.58. The average molecular weight is 166 g/mol. The van der Waals surface area contributed by atoms with E-state index in [0.717, 1.165) is 18.0 Å². The molecule has 3 unspecified atom stereocenters. The molecule has 0 amide bonds. The van der Waals surface area contributed by atoms with Crippen LogP contribution in [0.2, 0.25) is 0 Å². The highest BCUT2D eigenvalue weighted by Crippen LogP contribution is 2.44. The zero-order chi connectivity index (χ0) is 8.13. The van der Waals surface area contributed by atoms with E-state index in [-0.39, 0.29) is 0 Å². The fourth-order valence-corrected chi connectivity index (χ4v) is 3.73. The van der Waals surface area contributed by atoms with Crippen molar-refractivity contribution in [1.29, 1.82) is 0 Å². The number of rotatable bonds is 0. The van der Waals surface area contributed by atoms with Gasteiger partial charge in [-0.25, -0.2) is 0 Å². The first kappa shape index (κ1) is 7.34. The second-order valence-corrected chi connectivity index (χ2v) is 4.76. The zero-order valence-corrected chi connectivity index (χ0v) is 7.58. The molecule has 3 saturated heterocycles. The van der Waals surface area contributed by atoms with E-state index in [2.05, 4.69) is 4.90 Å². The Balaban J connectivity index is 1.92. The van der Waals surface area contributed by atoms with E-state index in [9.17, 15) is 0 Å². The molecular formula is C10H18N2. The minimum atomic E-state index is 0.494. The van der Waals surface area contributed by atoms with Crippen LogP contribution >= 0.6 is 0 Å². The lowest BCUT2D eigenvalue weighted by Crippen LogP contribution is -2.54. The number of hydrogen-bond acceptors (Lipinski definition) is 2. The van der Waals surface area contributed by atoms with Crippen molar-refractivity contribution >= 4 is 0 Å². The van der Waals surface area contributed by atoms with Gasteiger partial charge in [0, 0.05) is 18.1 Å². The van der Waals surface area contributed by atoms with Crippen LogP contribution in [0, 0.1) is 5.92 Å². The second-order valence-electron chi connectivity index (χ2n) is 4.76. The lowest BCUT2D eigenvalue weighted by Gasteiger charge is -2.42. The Morgan fingerprint density at radius 1 is 1.17 bits per heavy atom. The molecule has 68 valence electrons. The van der Waals surface area contributed by atoms with Crippen LogP contribution in [0.1, 0.15) is 32.1 Å². The van der Waals surface area contributed by atoms with Crippen LogP contribution in [0.3, 0.4) is 0 Å². The molecule has 3 rings (SSSR count). The summed E-state index contributed by atoms with van der Waals surface area (Å²) < 4.78 is 0. The Bertz CT molecular complexity index is 192. The van der Waals surface area contributed by atoms with Gasteiger partial charge >= 0.3 is 0 Å². The number of piperidine rings is 2. The summed E-state index contributed by atoms with van der Waals surface area (Å²) in [6.07, 6.45) is 6.98. The van der Waals surface area contributed by atoms with Crippen molar-refractivity contribution < 1.29 is 0 Å². The summed E-state index contributed by atoms with van der Waals surface area (Å²) in [6, 6.07) is 2.19. The lowest BCUT2D eigenvalue weighted by atomic mass is 9.87. The maximum Gasteiger partial charge on any atom is 0.0278 e. The monoisotopic (exact) mass is 166 g/mol. The predicted octanol–water partition coefficient (Wildman–Crippen LogP) is 0.960. The van der Waals surface area contributed by atoms with Crippen molar-refractivity contribution in [3.05, 3.63) is 0 Å². The van der Waals surface area contributed by atoms with Crippen LogP contribution in [-0.4, -0.2) is 29.6 Å². The summed E-state index contributed by atoms with van der Waals surface area (Å²) in [5.74, 6) is 0.959. The quantitative estimate of drug-likeness (QED) is 0.581. The molecule has 3 fully saturated rings. The Morgan fingerprint density at radius 3 is 2.92 bits per heavy atom. The van der Waals surface area contributed by atoms with Crippen LogP contribution in [0.4, 0.5) is 0 Å². The van der Waals surface area contributed by atoms with Gasteiger partial charge in [0.05, 0.1) is 0 Å². The SMILES string of the molecule is NC1CC[C@H]2CC3CCCN2[C@H]13. The number of hydrogen-bond donors (Lipinski definition) is 1. The van der Waals surface area contributed by atoms with Gasteiger partial charge in [-0.1, -0.05) is 0 Å². The topological polar surface area (TPSA) is 29.3 Å². The number of nitrogens with two attached hydrogens (primary N) is 1. The minimum Gasteiger partial charge on any atom is -0.326 e. The lowest BCUT2D eigenvalue weighted by molar-refractivity contribution is 0.0840. The molecule has 2 nitrogen and oxygen atoms in total. The fraction of sp³-hybridized carbons (Fsp3) is 1.00. The number of nitrogens with zero attached hydrogens (tertiary/aromatic N) is 1. The van der Waals surface area contributed by atoms with Crippen molar-refractivity contribution in [2.45, 2.75) is 50.2 Å². The van der Waals surface area contributed by atoms with Crippen LogP contribution in [-0.2, 0) is 0 Å². The van der Waals surface area contributed by atoms with Crippen molar-refractivity contribution in [1.82, 2.24) is 4.90 Å². The Hall–Kier alpha value is -0.0800. The van der Waals surface area contributed by atoms with Crippen LogP contribution in [0.15, 0.2) is 0 Å². The van der Waals surface area contributed by atoms with E-state index in [1.54, 1.807) is 0 Å². The van der Waals surface area contributed by atoms with Crippen LogP contribution in [0.25, 0.3) is 0 Å².